The first kappa shape index (κ1) is 13.6. The van der Waals surface area contributed by atoms with E-state index in [1.807, 2.05) is 0 Å². The zero-order chi connectivity index (χ0) is 13.1. The van der Waals surface area contributed by atoms with Crippen molar-refractivity contribution in [2.24, 2.45) is 0 Å². The van der Waals surface area contributed by atoms with Gasteiger partial charge in [-0.15, -0.1) is 0 Å². The SMILES string of the molecule is CC=CC(=O)Nc1ccc(Cl)cc1C(F)(F)F. The Morgan fingerprint density at radius 3 is 2.59 bits per heavy atom. The summed E-state index contributed by atoms with van der Waals surface area (Å²) in [7, 11) is 0. The lowest BCUT2D eigenvalue weighted by atomic mass is 10.1. The lowest BCUT2D eigenvalue weighted by Gasteiger charge is -2.13. The van der Waals surface area contributed by atoms with Crippen molar-refractivity contribution >= 4 is 23.2 Å². The molecule has 1 amide bonds. The molecular weight excluding hydrogens is 255 g/mol. The summed E-state index contributed by atoms with van der Waals surface area (Å²) in [6.07, 6.45) is -2.00. The number of alkyl halides is 3. The third kappa shape index (κ3) is 3.78. The summed E-state index contributed by atoms with van der Waals surface area (Å²) in [5, 5.41) is 2.10. The van der Waals surface area contributed by atoms with Gasteiger partial charge in [0, 0.05) is 5.02 Å². The predicted octanol–water partition coefficient (Wildman–Crippen LogP) is 3.87. The van der Waals surface area contributed by atoms with Crippen LogP contribution < -0.4 is 5.32 Å². The quantitative estimate of drug-likeness (QED) is 0.806. The molecule has 0 aliphatic rings. The first-order chi connectivity index (χ1) is 7.84. The van der Waals surface area contributed by atoms with Crippen molar-refractivity contribution < 1.29 is 18.0 Å². The Hall–Kier alpha value is -1.49. The number of carbonyl (C=O) groups is 1. The molecule has 1 N–H and O–H groups in total. The molecule has 0 aliphatic carbocycles. The molecule has 0 aromatic heterocycles. The molecule has 0 saturated carbocycles. The normalized spacial score (nSPS) is 11.8. The van der Waals surface area contributed by atoms with Crippen molar-refractivity contribution in [1.82, 2.24) is 0 Å². The molecule has 17 heavy (non-hydrogen) atoms. The van der Waals surface area contributed by atoms with E-state index in [9.17, 15) is 18.0 Å². The molecule has 0 heterocycles. The molecule has 0 bridgehead atoms. The Balaban J connectivity index is 3.11. The molecule has 1 aromatic rings. The fourth-order valence-corrected chi connectivity index (χ4v) is 1.36. The second kappa shape index (κ2) is 5.23. The van der Waals surface area contributed by atoms with Crippen LogP contribution in [0, 0.1) is 0 Å². The minimum atomic E-state index is -4.57. The van der Waals surface area contributed by atoms with Gasteiger partial charge in [-0.1, -0.05) is 17.7 Å². The molecule has 0 unspecified atom stereocenters. The number of hydrogen-bond donors (Lipinski definition) is 1. The van der Waals surface area contributed by atoms with E-state index in [1.165, 1.54) is 12.1 Å². The van der Waals surface area contributed by atoms with E-state index in [-0.39, 0.29) is 10.7 Å². The molecule has 0 aliphatic heterocycles. The van der Waals surface area contributed by atoms with Crippen LogP contribution >= 0.6 is 11.6 Å². The number of benzene rings is 1. The first-order valence-electron chi connectivity index (χ1n) is 4.65. The maximum atomic E-state index is 12.6. The number of rotatable bonds is 2. The first-order valence-corrected chi connectivity index (χ1v) is 5.03. The van der Waals surface area contributed by atoms with Gasteiger partial charge in [0.25, 0.3) is 0 Å². The minimum absolute atomic E-state index is 0.0404. The summed E-state index contributed by atoms with van der Waals surface area (Å²) in [6.45, 7) is 1.59. The number of halogens is 4. The topological polar surface area (TPSA) is 29.1 Å². The Kier molecular flexibility index (Phi) is 4.17. The van der Waals surface area contributed by atoms with Crippen molar-refractivity contribution in [2.75, 3.05) is 5.32 Å². The predicted molar refractivity (Wildman–Crippen MR) is 59.9 cm³/mol. The van der Waals surface area contributed by atoms with E-state index in [0.29, 0.717) is 0 Å². The standard InChI is InChI=1S/C11H9ClF3NO/c1-2-3-10(17)16-9-5-4-7(12)6-8(9)11(13,14)15/h2-6H,1H3,(H,16,17). The fourth-order valence-electron chi connectivity index (χ4n) is 1.19. The third-order valence-electron chi connectivity index (χ3n) is 1.86. The van der Waals surface area contributed by atoms with Crippen molar-refractivity contribution in [3.8, 4) is 0 Å². The van der Waals surface area contributed by atoms with Crippen LogP contribution in [0.2, 0.25) is 5.02 Å². The maximum Gasteiger partial charge on any atom is 0.418 e. The van der Waals surface area contributed by atoms with Crippen LogP contribution in [0.3, 0.4) is 0 Å². The Morgan fingerprint density at radius 1 is 1.41 bits per heavy atom. The highest BCUT2D eigenvalue weighted by molar-refractivity contribution is 6.30. The molecule has 92 valence electrons. The molecule has 6 heteroatoms. The number of amides is 1. The van der Waals surface area contributed by atoms with Crippen LogP contribution in [0.15, 0.2) is 30.4 Å². The summed E-state index contributed by atoms with van der Waals surface area (Å²) in [5.41, 5.74) is -1.28. The largest absolute Gasteiger partial charge is 0.418 e. The van der Waals surface area contributed by atoms with Crippen LogP contribution in [0.1, 0.15) is 12.5 Å². The van der Waals surface area contributed by atoms with Crippen LogP contribution in [0.4, 0.5) is 18.9 Å². The van der Waals surface area contributed by atoms with Gasteiger partial charge in [0.15, 0.2) is 0 Å². The van der Waals surface area contributed by atoms with Gasteiger partial charge in [-0.2, -0.15) is 13.2 Å². The van der Waals surface area contributed by atoms with Crippen LogP contribution in [-0.4, -0.2) is 5.91 Å². The van der Waals surface area contributed by atoms with Crippen molar-refractivity contribution in [2.45, 2.75) is 13.1 Å². The van der Waals surface area contributed by atoms with Crippen molar-refractivity contribution in [1.29, 1.82) is 0 Å². The fraction of sp³-hybridized carbons (Fsp3) is 0.182. The molecular formula is C11H9ClF3NO. The summed E-state index contributed by atoms with van der Waals surface area (Å²) in [6, 6.07) is 3.17. The number of allylic oxidation sites excluding steroid dienone is 1. The number of carbonyl (C=O) groups excluding carboxylic acids is 1. The molecule has 1 aromatic carbocycles. The number of hydrogen-bond acceptors (Lipinski definition) is 1. The van der Waals surface area contributed by atoms with Crippen LogP contribution in [-0.2, 0) is 11.0 Å². The van der Waals surface area contributed by atoms with Gasteiger partial charge in [-0.05, 0) is 31.2 Å². The van der Waals surface area contributed by atoms with E-state index in [4.69, 9.17) is 11.6 Å². The monoisotopic (exact) mass is 263 g/mol. The van der Waals surface area contributed by atoms with E-state index >= 15 is 0 Å². The summed E-state index contributed by atoms with van der Waals surface area (Å²) in [4.78, 5) is 11.2. The highest BCUT2D eigenvalue weighted by Crippen LogP contribution is 2.36. The molecule has 2 nitrogen and oxygen atoms in total. The average molecular weight is 264 g/mol. The van der Waals surface area contributed by atoms with Gasteiger partial charge in [0.1, 0.15) is 0 Å². The maximum absolute atomic E-state index is 12.6. The zero-order valence-electron chi connectivity index (χ0n) is 8.81. The van der Waals surface area contributed by atoms with Crippen LogP contribution in [0.5, 0.6) is 0 Å². The highest BCUT2D eigenvalue weighted by Gasteiger charge is 2.34. The Morgan fingerprint density at radius 2 is 2.06 bits per heavy atom. The lowest BCUT2D eigenvalue weighted by Crippen LogP contribution is -2.14. The minimum Gasteiger partial charge on any atom is -0.322 e. The van der Waals surface area contributed by atoms with Gasteiger partial charge in [-0.3, -0.25) is 4.79 Å². The van der Waals surface area contributed by atoms with E-state index in [0.717, 1.165) is 18.2 Å². The second-order valence-corrected chi connectivity index (χ2v) is 3.61. The molecule has 0 saturated heterocycles. The third-order valence-corrected chi connectivity index (χ3v) is 2.10. The van der Waals surface area contributed by atoms with E-state index < -0.39 is 17.6 Å². The van der Waals surface area contributed by atoms with E-state index in [2.05, 4.69) is 5.32 Å². The van der Waals surface area contributed by atoms with Crippen molar-refractivity contribution in [3.63, 3.8) is 0 Å². The van der Waals surface area contributed by atoms with Crippen molar-refractivity contribution in [3.05, 3.63) is 40.9 Å². The summed E-state index contributed by atoms with van der Waals surface area (Å²) < 4.78 is 37.9. The van der Waals surface area contributed by atoms with Gasteiger partial charge < -0.3 is 5.32 Å². The second-order valence-electron chi connectivity index (χ2n) is 3.18. The molecule has 1 rings (SSSR count). The van der Waals surface area contributed by atoms with E-state index in [1.54, 1.807) is 6.92 Å². The molecule has 0 radical (unpaired) electrons. The van der Waals surface area contributed by atoms with Gasteiger partial charge in [0.05, 0.1) is 11.3 Å². The highest BCUT2D eigenvalue weighted by atomic mass is 35.5. The van der Waals surface area contributed by atoms with Crippen LogP contribution in [0.25, 0.3) is 0 Å². The Bertz CT molecular complexity index is 455. The molecule has 0 atom stereocenters. The number of nitrogens with one attached hydrogen (secondary N) is 1. The Labute approximate surface area is 101 Å². The van der Waals surface area contributed by atoms with Gasteiger partial charge >= 0.3 is 6.18 Å². The lowest BCUT2D eigenvalue weighted by molar-refractivity contribution is -0.136. The summed E-state index contributed by atoms with van der Waals surface area (Å²) in [5.74, 6) is -0.625. The summed E-state index contributed by atoms with van der Waals surface area (Å²) >= 11 is 5.49. The van der Waals surface area contributed by atoms with Gasteiger partial charge in [-0.25, -0.2) is 0 Å². The zero-order valence-corrected chi connectivity index (χ0v) is 9.56. The van der Waals surface area contributed by atoms with Gasteiger partial charge in [0.2, 0.25) is 5.91 Å². The number of anilines is 1. The molecule has 0 fully saturated rings. The smallest absolute Gasteiger partial charge is 0.322 e. The molecule has 0 spiro atoms. The average Bonchev–Trinajstić information content (AvgIpc) is 2.19.